The molecule has 2 aromatic carbocycles. The van der Waals surface area contributed by atoms with Crippen molar-refractivity contribution in [2.75, 3.05) is 11.9 Å². The summed E-state index contributed by atoms with van der Waals surface area (Å²) in [4.78, 5) is 14.6. The van der Waals surface area contributed by atoms with E-state index in [-0.39, 0.29) is 11.8 Å². The van der Waals surface area contributed by atoms with Gasteiger partial charge in [-0.15, -0.1) is 0 Å². The molecule has 0 aliphatic carbocycles. The lowest BCUT2D eigenvalue weighted by molar-refractivity contribution is 0.206. The van der Waals surface area contributed by atoms with Crippen molar-refractivity contribution >= 4 is 22.6 Å². The number of halogens is 1. The van der Waals surface area contributed by atoms with Gasteiger partial charge in [-0.25, -0.2) is 9.18 Å². The Balaban J connectivity index is 1.63. The summed E-state index contributed by atoms with van der Waals surface area (Å²) < 4.78 is 15.9. The lowest BCUT2D eigenvalue weighted by Crippen LogP contribution is -2.39. The van der Waals surface area contributed by atoms with E-state index >= 15 is 0 Å². The summed E-state index contributed by atoms with van der Waals surface area (Å²) in [6.45, 7) is 5.18. The van der Waals surface area contributed by atoms with Gasteiger partial charge in [0.15, 0.2) is 0 Å². The molecule has 0 saturated carbocycles. The van der Waals surface area contributed by atoms with Crippen molar-refractivity contribution < 1.29 is 9.18 Å². The van der Waals surface area contributed by atoms with Crippen LogP contribution in [0.4, 0.5) is 14.9 Å². The number of aryl methyl sites for hydroxylation is 2. The Labute approximate surface area is 152 Å². The van der Waals surface area contributed by atoms with E-state index in [1.807, 2.05) is 45.2 Å². The molecular weight excluding hydrogens is 329 g/mol. The predicted molar refractivity (Wildman–Crippen MR) is 102 cm³/mol. The maximum atomic E-state index is 13.7. The van der Waals surface area contributed by atoms with Gasteiger partial charge in [-0.05, 0) is 49.2 Å². The quantitative estimate of drug-likeness (QED) is 0.687. The number of benzene rings is 2. The summed E-state index contributed by atoms with van der Waals surface area (Å²) in [5, 5.41) is 3.92. The van der Waals surface area contributed by atoms with Gasteiger partial charge in [0.25, 0.3) is 0 Å². The van der Waals surface area contributed by atoms with E-state index in [1.165, 1.54) is 11.8 Å². The van der Waals surface area contributed by atoms with Gasteiger partial charge < -0.3 is 14.8 Å². The fourth-order valence-electron chi connectivity index (χ4n) is 3.81. The molecule has 26 heavy (non-hydrogen) atoms. The van der Waals surface area contributed by atoms with Crippen molar-refractivity contribution in [3.8, 4) is 0 Å². The van der Waals surface area contributed by atoms with Crippen molar-refractivity contribution in [1.29, 1.82) is 0 Å². The fraction of sp³-hybridized carbons (Fsp3) is 0.286. The van der Waals surface area contributed by atoms with Crippen molar-refractivity contribution in [2.24, 2.45) is 7.05 Å². The third kappa shape index (κ3) is 2.64. The Bertz CT molecular complexity index is 1020. The number of nitrogens with zero attached hydrogens (tertiary/aromatic N) is 2. The van der Waals surface area contributed by atoms with Gasteiger partial charge in [0.2, 0.25) is 0 Å². The summed E-state index contributed by atoms with van der Waals surface area (Å²) in [6, 6.07) is 10.6. The van der Waals surface area contributed by atoms with E-state index in [2.05, 4.69) is 9.88 Å². The van der Waals surface area contributed by atoms with Crippen molar-refractivity contribution in [3.05, 3.63) is 64.6 Å². The van der Waals surface area contributed by atoms with E-state index in [1.54, 1.807) is 11.0 Å². The minimum Gasteiger partial charge on any atom is -0.347 e. The largest absolute Gasteiger partial charge is 0.347 e. The molecule has 5 heteroatoms. The van der Waals surface area contributed by atoms with Crippen LogP contribution in [0, 0.1) is 19.7 Å². The van der Waals surface area contributed by atoms with Crippen molar-refractivity contribution in [1.82, 2.24) is 9.47 Å². The molecule has 1 aliphatic rings. The average molecular weight is 351 g/mol. The van der Waals surface area contributed by atoms with Gasteiger partial charge in [0, 0.05) is 54.4 Å². The van der Waals surface area contributed by atoms with Gasteiger partial charge in [0.05, 0.1) is 0 Å². The number of hydrogen-bond donors (Lipinski definition) is 1. The monoisotopic (exact) mass is 351 g/mol. The van der Waals surface area contributed by atoms with E-state index in [4.69, 9.17) is 0 Å². The van der Waals surface area contributed by atoms with Crippen LogP contribution in [0.5, 0.6) is 0 Å². The van der Waals surface area contributed by atoms with Crippen LogP contribution in [-0.2, 0) is 20.0 Å². The summed E-state index contributed by atoms with van der Waals surface area (Å²) >= 11 is 0. The van der Waals surface area contributed by atoms with Gasteiger partial charge in [-0.1, -0.05) is 12.1 Å². The smallest absolute Gasteiger partial charge is 0.322 e. The number of aromatic nitrogens is 1. The molecule has 2 amide bonds. The van der Waals surface area contributed by atoms with Crippen molar-refractivity contribution in [2.45, 2.75) is 26.8 Å². The third-order valence-electron chi connectivity index (χ3n) is 5.50. The number of carbonyl (C=O) groups is 1. The molecule has 0 spiro atoms. The van der Waals surface area contributed by atoms with Crippen LogP contribution in [0.25, 0.3) is 10.9 Å². The number of hydrogen-bond acceptors (Lipinski definition) is 1. The molecule has 134 valence electrons. The second kappa shape index (κ2) is 6.16. The molecule has 0 saturated heterocycles. The molecule has 0 atom stereocenters. The van der Waals surface area contributed by atoms with Crippen LogP contribution in [0.3, 0.4) is 0 Å². The number of amides is 2. The molecule has 0 unspecified atom stereocenters. The summed E-state index contributed by atoms with van der Waals surface area (Å²) in [5.74, 6) is -0.247. The first-order chi connectivity index (χ1) is 12.5. The number of fused-ring (bicyclic) bond motifs is 3. The number of urea groups is 1. The zero-order chi connectivity index (χ0) is 18.4. The molecule has 0 bridgehead atoms. The lowest BCUT2D eigenvalue weighted by Gasteiger charge is -2.28. The molecule has 2 heterocycles. The fourth-order valence-corrected chi connectivity index (χ4v) is 3.81. The molecule has 4 rings (SSSR count). The highest BCUT2D eigenvalue weighted by atomic mass is 19.1. The number of nitrogens with one attached hydrogen (secondary N) is 1. The maximum absolute atomic E-state index is 13.7. The van der Waals surface area contributed by atoms with Gasteiger partial charge >= 0.3 is 6.03 Å². The molecule has 0 fully saturated rings. The van der Waals surface area contributed by atoms with Gasteiger partial charge in [-0.2, -0.15) is 0 Å². The second-order valence-electron chi connectivity index (χ2n) is 6.99. The number of carbonyl (C=O) groups excluding carboxylic acids is 1. The van der Waals surface area contributed by atoms with Gasteiger partial charge in [0.1, 0.15) is 5.82 Å². The van der Waals surface area contributed by atoms with E-state index < -0.39 is 0 Å². The first-order valence-electron chi connectivity index (χ1n) is 8.83. The van der Waals surface area contributed by atoms with E-state index in [0.717, 1.165) is 39.7 Å². The third-order valence-corrected chi connectivity index (χ3v) is 5.50. The topological polar surface area (TPSA) is 37.3 Å². The van der Waals surface area contributed by atoms with Gasteiger partial charge in [-0.3, -0.25) is 0 Å². The van der Waals surface area contributed by atoms with Crippen LogP contribution in [0.15, 0.2) is 36.4 Å². The first-order valence-corrected chi connectivity index (χ1v) is 8.83. The van der Waals surface area contributed by atoms with Crippen LogP contribution >= 0.6 is 0 Å². The Morgan fingerprint density at radius 3 is 2.81 bits per heavy atom. The highest BCUT2D eigenvalue weighted by Gasteiger charge is 2.26. The minimum absolute atomic E-state index is 0.113. The Morgan fingerprint density at radius 2 is 2.00 bits per heavy atom. The summed E-state index contributed by atoms with van der Waals surface area (Å²) in [5.41, 5.74) is 6.29. The zero-order valence-corrected chi connectivity index (χ0v) is 15.3. The van der Waals surface area contributed by atoms with Crippen molar-refractivity contribution in [3.63, 3.8) is 0 Å². The lowest BCUT2D eigenvalue weighted by atomic mass is 10.0. The van der Waals surface area contributed by atoms with Crippen LogP contribution in [0.1, 0.15) is 22.4 Å². The second-order valence-corrected chi connectivity index (χ2v) is 6.99. The highest BCUT2D eigenvalue weighted by molar-refractivity contribution is 5.92. The first kappa shape index (κ1) is 16.6. The van der Waals surface area contributed by atoms with E-state index in [9.17, 15) is 9.18 Å². The Kier molecular flexibility index (Phi) is 3.94. The highest BCUT2D eigenvalue weighted by Crippen LogP contribution is 2.31. The Morgan fingerprint density at radius 1 is 1.19 bits per heavy atom. The molecule has 1 aromatic heterocycles. The average Bonchev–Trinajstić information content (AvgIpc) is 2.90. The predicted octanol–water partition coefficient (Wildman–Crippen LogP) is 4.52. The molecule has 4 nitrogen and oxygen atoms in total. The minimum atomic E-state index is -0.247. The molecule has 0 radical (unpaired) electrons. The van der Waals surface area contributed by atoms with E-state index in [0.29, 0.717) is 13.1 Å². The molecule has 3 aromatic rings. The zero-order valence-electron chi connectivity index (χ0n) is 15.3. The SMILES string of the molecule is Cc1cccc(NC(=O)N2CCc3c(c4cc(F)ccc4n3C)C2)c1C. The van der Waals surface area contributed by atoms with Crippen LogP contribution in [-0.4, -0.2) is 22.0 Å². The van der Waals surface area contributed by atoms with Crippen LogP contribution < -0.4 is 5.32 Å². The molecule has 1 aliphatic heterocycles. The number of anilines is 1. The Hall–Kier alpha value is -2.82. The normalized spacial score (nSPS) is 13.8. The number of rotatable bonds is 1. The summed E-state index contributed by atoms with van der Waals surface area (Å²) in [7, 11) is 2.00. The van der Waals surface area contributed by atoms with Crippen LogP contribution in [0.2, 0.25) is 0 Å². The standard InChI is InChI=1S/C21H22FN3O/c1-13-5-4-6-18(14(13)2)23-21(26)25-10-9-20-17(12-25)16-11-15(22)7-8-19(16)24(20)3/h4-8,11H,9-10,12H2,1-3H3,(H,23,26). The summed E-state index contributed by atoms with van der Waals surface area (Å²) in [6.07, 6.45) is 0.766. The molecular formula is C21H22FN3O. The molecule has 1 N–H and O–H groups in total. The maximum Gasteiger partial charge on any atom is 0.322 e.